The van der Waals surface area contributed by atoms with Crippen LogP contribution in [0.3, 0.4) is 0 Å². The Morgan fingerprint density at radius 2 is 1.66 bits per heavy atom. The normalized spacial score (nSPS) is 25.8. The van der Waals surface area contributed by atoms with E-state index in [2.05, 4.69) is 5.10 Å². The lowest BCUT2D eigenvalue weighted by atomic mass is 9.80. The number of carbonyl (C=O) groups is 2. The van der Waals surface area contributed by atoms with Crippen LogP contribution in [0.5, 0.6) is 0 Å². The van der Waals surface area contributed by atoms with Gasteiger partial charge in [0.25, 0.3) is 0 Å². The summed E-state index contributed by atoms with van der Waals surface area (Å²) in [5.41, 5.74) is 0.610. The molecule has 2 amide bonds. The Bertz CT molecular complexity index is 1130. The number of fused-ring (bicyclic) bond motifs is 5. The minimum atomic E-state index is -1.82. The third kappa shape index (κ3) is 2.13. The molecule has 2 saturated heterocycles. The number of likely N-dealkylation sites (tertiary alicyclic amines) is 1. The van der Waals surface area contributed by atoms with E-state index in [0.717, 1.165) is 16.7 Å². The minimum absolute atomic E-state index is 0.121. The summed E-state index contributed by atoms with van der Waals surface area (Å²) in [7, 11) is 0. The van der Waals surface area contributed by atoms with Crippen LogP contribution in [0.25, 0.3) is 0 Å². The second kappa shape index (κ2) is 6.02. The monoisotopic (exact) mass is 381 g/mol. The van der Waals surface area contributed by atoms with Crippen molar-refractivity contribution in [3.8, 4) is 12.1 Å². The molecule has 3 atom stereocenters. The summed E-state index contributed by atoms with van der Waals surface area (Å²) in [6.07, 6.45) is 1.58. The fourth-order valence-corrected chi connectivity index (χ4v) is 4.72. The molecule has 2 fully saturated rings. The van der Waals surface area contributed by atoms with E-state index in [1.54, 1.807) is 6.21 Å². The van der Waals surface area contributed by atoms with E-state index in [4.69, 9.17) is 0 Å². The molecular weight excluding hydrogens is 366 g/mol. The third-order valence-electron chi connectivity index (χ3n) is 6.02. The molecule has 0 unspecified atom stereocenters. The van der Waals surface area contributed by atoms with E-state index in [1.807, 2.05) is 66.7 Å². The highest BCUT2D eigenvalue weighted by atomic mass is 16.2. The Kier molecular flexibility index (Phi) is 3.56. The first-order valence-electron chi connectivity index (χ1n) is 9.26. The van der Waals surface area contributed by atoms with Crippen molar-refractivity contribution in [3.05, 3.63) is 71.3 Å². The fourth-order valence-electron chi connectivity index (χ4n) is 4.72. The van der Waals surface area contributed by atoms with Crippen LogP contribution in [0.4, 0.5) is 0 Å². The molecule has 0 saturated carbocycles. The maximum absolute atomic E-state index is 13.4. The number of amides is 2. The van der Waals surface area contributed by atoms with Gasteiger partial charge in [0.15, 0.2) is 0 Å². The minimum Gasteiger partial charge on any atom is -0.277 e. The lowest BCUT2D eigenvalue weighted by Crippen LogP contribution is -2.48. The Morgan fingerprint density at radius 3 is 2.38 bits per heavy atom. The summed E-state index contributed by atoms with van der Waals surface area (Å²) < 4.78 is 0. The Balaban J connectivity index is 1.64. The molecule has 3 heterocycles. The molecule has 2 aromatic rings. The van der Waals surface area contributed by atoms with E-state index in [-0.39, 0.29) is 12.5 Å². The van der Waals surface area contributed by atoms with Crippen molar-refractivity contribution in [1.29, 1.82) is 10.5 Å². The van der Waals surface area contributed by atoms with Crippen LogP contribution in [0, 0.1) is 34.5 Å². The molecule has 0 spiro atoms. The first kappa shape index (κ1) is 17.2. The van der Waals surface area contributed by atoms with Crippen LogP contribution in [-0.4, -0.2) is 33.5 Å². The molecular formula is C22H15N5O2. The Labute approximate surface area is 167 Å². The van der Waals surface area contributed by atoms with Crippen molar-refractivity contribution in [1.82, 2.24) is 9.91 Å². The zero-order chi connectivity index (χ0) is 20.2. The fraction of sp³-hybridized carbons (Fsp3) is 0.227. The van der Waals surface area contributed by atoms with Gasteiger partial charge >= 0.3 is 0 Å². The van der Waals surface area contributed by atoms with Crippen LogP contribution in [0.1, 0.15) is 22.7 Å². The average Bonchev–Trinajstić information content (AvgIpc) is 3.20. The largest absolute Gasteiger partial charge is 0.277 e. The van der Waals surface area contributed by atoms with Crippen LogP contribution >= 0.6 is 0 Å². The molecule has 7 nitrogen and oxygen atoms in total. The highest BCUT2D eigenvalue weighted by molar-refractivity contribution is 6.07. The molecule has 0 radical (unpaired) electrons. The quantitative estimate of drug-likeness (QED) is 0.741. The summed E-state index contributed by atoms with van der Waals surface area (Å²) in [5, 5.41) is 25.6. The van der Waals surface area contributed by atoms with Gasteiger partial charge < -0.3 is 0 Å². The summed E-state index contributed by atoms with van der Waals surface area (Å²) in [5.74, 6) is -2.77. The highest BCUT2D eigenvalue weighted by Gasteiger charge is 2.71. The smallest absolute Gasteiger partial charge is 0.242 e. The third-order valence-corrected chi connectivity index (χ3v) is 6.02. The molecule has 0 aromatic heterocycles. The molecule has 5 rings (SSSR count). The summed E-state index contributed by atoms with van der Waals surface area (Å²) in [6.45, 7) is 0.121. The predicted molar refractivity (Wildman–Crippen MR) is 102 cm³/mol. The lowest BCUT2D eigenvalue weighted by Gasteiger charge is -2.35. The first-order valence-corrected chi connectivity index (χ1v) is 9.26. The van der Waals surface area contributed by atoms with Crippen molar-refractivity contribution in [2.24, 2.45) is 16.9 Å². The van der Waals surface area contributed by atoms with Gasteiger partial charge in [0, 0.05) is 0 Å². The van der Waals surface area contributed by atoms with Gasteiger partial charge in [0.05, 0.1) is 24.7 Å². The number of benzene rings is 2. The predicted octanol–water partition coefficient (Wildman–Crippen LogP) is 1.98. The average molecular weight is 381 g/mol. The van der Waals surface area contributed by atoms with Gasteiger partial charge in [-0.25, -0.2) is 0 Å². The maximum atomic E-state index is 13.4. The number of hydrazone groups is 1. The molecule has 3 aliphatic rings. The van der Waals surface area contributed by atoms with Crippen molar-refractivity contribution in [2.45, 2.75) is 18.1 Å². The molecule has 2 aromatic carbocycles. The van der Waals surface area contributed by atoms with Gasteiger partial charge in [-0.1, -0.05) is 54.6 Å². The number of hydrogen-bond acceptors (Lipinski definition) is 6. The van der Waals surface area contributed by atoms with Crippen molar-refractivity contribution in [2.75, 3.05) is 0 Å². The zero-order valence-corrected chi connectivity index (χ0v) is 15.3. The summed E-state index contributed by atoms with van der Waals surface area (Å²) >= 11 is 0. The Hall–Kier alpha value is -3.97. The number of imide groups is 1. The van der Waals surface area contributed by atoms with Crippen LogP contribution in [0.2, 0.25) is 0 Å². The van der Waals surface area contributed by atoms with Crippen LogP contribution in [-0.2, 0) is 16.1 Å². The number of nitrogens with zero attached hydrogens (tertiary/aromatic N) is 5. The molecule has 29 heavy (non-hydrogen) atoms. The van der Waals surface area contributed by atoms with Crippen molar-refractivity contribution in [3.63, 3.8) is 0 Å². The van der Waals surface area contributed by atoms with Gasteiger partial charge in [0.1, 0.15) is 18.1 Å². The van der Waals surface area contributed by atoms with E-state index in [1.165, 1.54) is 9.91 Å². The topological polar surface area (TPSA) is 101 Å². The van der Waals surface area contributed by atoms with Gasteiger partial charge in [-0.05, 0) is 16.7 Å². The molecule has 0 bridgehead atoms. The number of carbonyl (C=O) groups excluding carboxylic acids is 2. The molecule has 7 heteroatoms. The molecule has 140 valence electrons. The van der Waals surface area contributed by atoms with Gasteiger partial charge in [-0.15, -0.1) is 0 Å². The van der Waals surface area contributed by atoms with Crippen LogP contribution < -0.4 is 0 Å². The van der Waals surface area contributed by atoms with Gasteiger partial charge in [0.2, 0.25) is 17.4 Å². The number of nitriles is 2. The van der Waals surface area contributed by atoms with Crippen molar-refractivity contribution >= 4 is 18.0 Å². The second-order valence-corrected chi connectivity index (χ2v) is 7.40. The summed E-state index contributed by atoms with van der Waals surface area (Å²) in [6, 6.07) is 20.0. The highest BCUT2D eigenvalue weighted by Crippen LogP contribution is 2.56. The van der Waals surface area contributed by atoms with Crippen LogP contribution in [0.15, 0.2) is 59.7 Å². The van der Waals surface area contributed by atoms with Gasteiger partial charge in [-0.3, -0.25) is 19.5 Å². The van der Waals surface area contributed by atoms with E-state index in [9.17, 15) is 20.1 Å². The van der Waals surface area contributed by atoms with Gasteiger partial charge in [-0.2, -0.15) is 15.6 Å². The molecule has 3 aliphatic heterocycles. The van der Waals surface area contributed by atoms with E-state index in [0.29, 0.717) is 0 Å². The maximum Gasteiger partial charge on any atom is 0.242 e. The number of rotatable bonds is 2. The lowest BCUT2D eigenvalue weighted by molar-refractivity contribution is -0.142. The Morgan fingerprint density at radius 1 is 0.966 bits per heavy atom. The van der Waals surface area contributed by atoms with E-state index >= 15 is 0 Å². The second-order valence-electron chi connectivity index (χ2n) is 7.40. The molecule has 0 aliphatic carbocycles. The van der Waals surface area contributed by atoms with Crippen molar-refractivity contribution < 1.29 is 9.59 Å². The zero-order valence-electron chi connectivity index (χ0n) is 15.3. The summed E-state index contributed by atoms with van der Waals surface area (Å²) in [4.78, 5) is 27.9. The molecule has 0 N–H and O–H groups in total. The standard InChI is InChI=1S/C22H15N5O2/c23-12-22(13-24)18-17(19-16-9-5-4-8-15(16)10-25-27(19)22)20(28)26(21(18)29)11-14-6-2-1-3-7-14/h1-10,17-19H,11H2/t17-,18-,19-/m0/s1. The number of hydrogen-bond donors (Lipinski definition) is 0. The van der Waals surface area contributed by atoms with E-state index < -0.39 is 29.3 Å². The first-order chi connectivity index (χ1) is 14.1. The SMILES string of the molecule is N#CC1(C#N)[C@@H]2C(=O)N(Cc3ccccc3)C(=O)[C@@H]2[C@@H]2c3ccccc3C=NN21.